The van der Waals surface area contributed by atoms with Crippen LogP contribution in [0.1, 0.15) is 24.0 Å². The second-order valence-electron chi connectivity index (χ2n) is 6.63. The molecule has 1 amide bonds. The maximum Gasteiger partial charge on any atom is 0.220 e. The summed E-state index contributed by atoms with van der Waals surface area (Å²) in [5, 5.41) is 2.99. The van der Waals surface area contributed by atoms with Crippen LogP contribution < -0.4 is 15.0 Å². The van der Waals surface area contributed by atoms with Gasteiger partial charge in [-0.2, -0.15) is 0 Å². The molecule has 27 heavy (non-hydrogen) atoms. The van der Waals surface area contributed by atoms with E-state index < -0.39 is 0 Å². The minimum Gasteiger partial charge on any atom is -0.494 e. The van der Waals surface area contributed by atoms with Crippen molar-refractivity contribution in [3.63, 3.8) is 0 Å². The Balaban J connectivity index is 1.41. The zero-order valence-electron chi connectivity index (χ0n) is 15.8. The van der Waals surface area contributed by atoms with Gasteiger partial charge in [-0.3, -0.25) is 4.79 Å². The molecular weight excluding hydrogens is 342 g/mol. The fraction of sp³-hybridized carbons (Fsp3) is 0.429. The average Bonchev–Trinajstić information content (AvgIpc) is 2.71. The van der Waals surface area contributed by atoms with Crippen molar-refractivity contribution >= 4 is 11.7 Å². The molecule has 1 N–H and O–H groups in total. The minimum absolute atomic E-state index is 0.0274. The number of amides is 1. The van der Waals surface area contributed by atoms with Crippen molar-refractivity contribution in [2.45, 2.75) is 26.3 Å². The third kappa shape index (κ3) is 5.96. The van der Waals surface area contributed by atoms with E-state index in [2.05, 4.69) is 15.2 Å². The molecule has 1 aromatic carbocycles. The Kier molecular flexibility index (Phi) is 7.04. The number of benzene rings is 1. The number of ether oxygens (including phenoxy) is 2. The summed E-state index contributed by atoms with van der Waals surface area (Å²) in [6, 6.07) is 11.8. The lowest BCUT2D eigenvalue weighted by Gasteiger charge is -2.29. The first-order chi connectivity index (χ1) is 13.2. The zero-order chi connectivity index (χ0) is 18.9. The lowest BCUT2D eigenvalue weighted by molar-refractivity contribution is -0.121. The molecular formula is C21H27N3O3. The van der Waals surface area contributed by atoms with Crippen LogP contribution in [-0.4, -0.2) is 43.8 Å². The van der Waals surface area contributed by atoms with Crippen LogP contribution in [-0.2, 0) is 16.1 Å². The van der Waals surface area contributed by atoms with Crippen molar-refractivity contribution in [2.24, 2.45) is 0 Å². The first-order valence-electron chi connectivity index (χ1n) is 9.45. The molecule has 0 spiro atoms. The van der Waals surface area contributed by atoms with Crippen LogP contribution >= 0.6 is 0 Å². The van der Waals surface area contributed by atoms with Gasteiger partial charge in [0.1, 0.15) is 11.6 Å². The number of pyridine rings is 1. The van der Waals surface area contributed by atoms with Crippen LogP contribution in [0.25, 0.3) is 0 Å². The molecule has 6 heteroatoms. The summed E-state index contributed by atoms with van der Waals surface area (Å²) >= 11 is 0. The molecule has 0 bridgehead atoms. The lowest BCUT2D eigenvalue weighted by Crippen LogP contribution is -2.37. The van der Waals surface area contributed by atoms with Gasteiger partial charge in [0.2, 0.25) is 5.91 Å². The zero-order valence-corrected chi connectivity index (χ0v) is 15.8. The number of aryl methyl sites for hydroxylation is 1. The fourth-order valence-electron chi connectivity index (χ4n) is 3.04. The highest BCUT2D eigenvalue weighted by atomic mass is 16.5. The fourth-order valence-corrected chi connectivity index (χ4v) is 3.04. The van der Waals surface area contributed by atoms with Crippen molar-refractivity contribution in [3.05, 3.63) is 53.7 Å². The van der Waals surface area contributed by atoms with E-state index in [0.717, 1.165) is 35.8 Å². The highest BCUT2D eigenvalue weighted by molar-refractivity contribution is 5.76. The van der Waals surface area contributed by atoms with Crippen molar-refractivity contribution in [3.8, 4) is 5.75 Å². The summed E-state index contributed by atoms with van der Waals surface area (Å²) in [7, 11) is 0. The smallest absolute Gasteiger partial charge is 0.220 e. The van der Waals surface area contributed by atoms with Crippen LogP contribution in [0.15, 0.2) is 42.6 Å². The first kappa shape index (κ1) is 19.2. The second kappa shape index (κ2) is 9.92. The quantitative estimate of drug-likeness (QED) is 0.725. The molecule has 0 radical (unpaired) electrons. The van der Waals surface area contributed by atoms with Gasteiger partial charge >= 0.3 is 0 Å². The molecule has 2 aromatic rings. The third-order valence-electron chi connectivity index (χ3n) is 4.46. The Hall–Kier alpha value is -2.60. The minimum atomic E-state index is 0.0274. The predicted molar refractivity (Wildman–Crippen MR) is 105 cm³/mol. The first-order valence-corrected chi connectivity index (χ1v) is 9.45. The highest BCUT2D eigenvalue weighted by Gasteiger charge is 2.16. The number of hydrogen-bond donors (Lipinski definition) is 1. The van der Waals surface area contributed by atoms with Gasteiger partial charge < -0.3 is 19.7 Å². The molecule has 0 aliphatic carbocycles. The van der Waals surface area contributed by atoms with Crippen LogP contribution in [0.2, 0.25) is 0 Å². The van der Waals surface area contributed by atoms with Gasteiger partial charge in [-0.1, -0.05) is 18.2 Å². The van der Waals surface area contributed by atoms with E-state index >= 15 is 0 Å². The standard InChI is InChI=1S/C21H27N3O3/c1-17-5-2-7-19(15-17)27-12-4-8-20(25)23-16-18-6-3-9-22-21(18)24-10-13-26-14-11-24/h2-3,5-7,9,15H,4,8,10-14,16H2,1H3,(H,23,25). The number of carbonyl (C=O) groups excluding carboxylic acids is 1. The molecule has 0 atom stereocenters. The van der Waals surface area contributed by atoms with Gasteiger partial charge in [0.25, 0.3) is 0 Å². The maximum atomic E-state index is 12.1. The number of nitrogens with zero attached hydrogens (tertiary/aromatic N) is 2. The number of aromatic nitrogens is 1. The van der Waals surface area contributed by atoms with E-state index in [4.69, 9.17) is 9.47 Å². The molecule has 1 aromatic heterocycles. The van der Waals surface area contributed by atoms with E-state index in [0.29, 0.717) is 39.2 Å². The monoisotopic (exact) mass is 369 g/mol. The van der Waals surface area contributed by atoms with Crippen LogP contribution in [0.4, 0.5) is 5.82 Å². The van der Waals surface area contributed by atoms with Gasteiger partial charge in [-0.15, -0.1) is 0 Å². The SMILES string of the molecule is Cc1cccc(OCCCC(=O)NCc2cccnc2N2CCOCC2)c1. The van der Waals surface area contributed by atoms with Crippen LogP contribution in [0, 0.1) is 6.92 Å². The molecule has 3 rings (SSSR count). The third-order valence-corrected chi connectivity index (χ3v) is 4.46. The maximum absolute atomic E-state index is 12.1. The van der Waals surface area contributed by atoms with Gasteiger partial charge in [0, 0.05) is 37.8 Å². The van der Waals surface area contributed by atoms with Crippen molar-refractivity contribution in [1.29, 1.82) is 0 Å². The summed E-state index contributed by atoms with van der Waals surface area (Å²) in [6.45, 7) is 6.12. The average molecular weight is 369 g/mol. The summed E-state index contributed by atoms with van der Waals surface area (Å²) in [5.41, 5.74) is 2.20. The topological polar surface area (TPSA) is 63.7 Å². The van der Waals surface area contributed by atoms with Gasteiger partial charge in [-0.25, -0.2) is 4.98 Å². The molecule has 1 aliphatic rings. The van der Waals surface area contributed by atoms with Crippen molar-refractivity contribution in [1.82, 2.24) is 10.3 Å². The van der Waals surface area contributed by atoms with Crippen molar-refractivity contribution in [2.75, 3.05) is 37.8 Å². The second-order valence-corrected chi connectivity index (χ2v) is 6.63. The molecule has 0 unspecified atom stereocenters. The number of carbonyl (C=O) groups is 1. The molecule has 6 nitrogen and oxygen atoms in total. The van der Waals surface area contributed by atoms with E-state index in [-0.39, 0.29) is 5.91 Å². The molecule has 1 fully saturated rings. The summed E-state index contributed by atoms with van der Waals surface area (Å²) in [6.07, 6.45) is 2.92. The Morgan fingerprint density at radius 3 is 2.93 bits per heavy atom. The number of hydrogen-bond acceptors (Lipinski definition) is 5. The Morgan fingerprint density at radius 1 is 1.26 bits per heavy atom. The number of rotatable bonds is 8. The number of anilines is 1. The largest absolute Gasteiger partial charge is 0.494 e. The molecule has 0 saturated carbocycles. The Morgan fingerprint density at radius 2 is 2.11 bits per heavy atom. The summed E-state index contributed by atoms with van der Waals surface area (Å²) in [4.78, 5) is 18.9. The highest BCUT2D eigenvalue weighted by Crippen LogP contribution is 2.18. The number of morpholine rings is 1. The van der Waals surface area contributed by atoms with Crippen LogP contribution in [0.3, 0.4) is 0 Å². The summed E-state index contributed by atoms with van der Waals surface area (Å²) < 4.78 is 11.1. The Bertz CT molecular complexity index is 745. The van der Waals surface area contributed by atoms with E-state index in [1.54, 1.807) is 6.20 Å². The van der Waals surface area contributed by atoms with Crippen LogP contribution in [0.5, 0.6) is 5.75 Å². The van der Waals surface area contributed by atoms with Crippen molar-refractivity contribution < 1.29 is 14.3 Å². The van der Waals surface area contributed by atoms with E-state index in [1.165, 1.54) is 0 Å². The number of nitrogens with one attached hydrogen (secondary N) is 1. The normalized spacial score (nSPS) is 14.0. The molecule has 2 heterocycles. The van der Waals surface area contributed by atoms with E-state index in [9.17, 15) is 4.79 Å². The molecule has 144 valence electrons. The molecule has 1 aliphatic heterocycles. The molecule has 1 saturated heterocycles. The summed E-state index contributed by atoms with van der Waals surface area (Å²) in [5.74, 6) is 1.81. The lowest BCUT2D eigenvalue weighted by atomic mass is 10.2. The van der Waals surface area contributed by atoms with Gasteiger partial charge in [0.15, 0.2) is 0 Å². The predicted octanol–water partition coefficient (Wildman–Crippen LogP) is 2.70. The van der Waals surface area contributed by atoms with Gasteiger partial charge in [-0.05, 0) is 37.1 Å². The van der Waals surface area contributed by atoms with Gasteiger partial charge in [0.05, 0.1) is 19.8 Å². The van der Waals surface area contributed by atoms with E-state index in [1.807, 2.05) is 43.3 Å². The Labute approximate surface area is 160 Å².